The lowest BCUT2D eigenvalue weighted by Crippen LogP contribution is -2.25. The Morgan fingerprint density at radius 2 is 1.56 bits per heavy atom. The van der Waals surface area contributed by atoms with Crippen molar-refractivity contribution in [3.05, 3.63) is 65.2 Å². The molecule has 0 heterocycles. The van der Waals surface area contributed by atoms with Gasteiger partial charge in [-0.1, -0.05) is 24.3 Å². The van der Waals surface area contributed by atoms with Gasteiger partial charge in [-0.2, -0.15) is 0 Å². The molecule has 1 amide bonds. The van der Waals surface area contributed by atoms with Gasteiger partial charge in [-0.3, -0.25) is 4.79 Å². The summed E-state index contributed by atoms with van der Waals surface area (Å²) in [5.41, 5.74) is 2.36. The predicted molar refractivity (Wildman–Crippen MR) is 96.0 cm³/mol. The van der Waals surface area contributed by atoms with Gasteiger partial charge in [-0.25, -0.2) is 4.79 Å². The number of carbonyl (C=O) groups excluding carboxylic acids is 1. The van der Waals surface area contributed by atoms with Crippen LogP contribution in [0, 0.1) is 0 Å². The molecule has 25 heavy (non-hydrogen) atoms. The zero-order valence-corrected chi connectivity index (χ0v) is 14.3. The van der Waals surface area contributed by atoms with Crippen molar-refractivity contribution in [3.8, 4) is 5.75 Å². The molecule has 0 spiro atoms. The first kappa shape index (κ1) is 18.5. The van der Waals surface area contributed by atoms with Crippen LogP contribution < -0.4 is 10.1 Å². The number of hydrogen-bond donors (Lipinski definition) is 2. The summed E-state index contributed by atoms with van der Waals surface area (Å²) in [4.78, 5) is 22.7. The highest BCUT2D eigenvalue weighted by molar-refractivity contribution is 5.87. The number of benzene rings is 2. The Bertz CT molecular complexity index is 693. The third kappa shape index (κ3) is 6.30. The first-order valence-corrected chi connectivity index (χ1v) is 8.39. The molecule has 0 aliphatic rings. The summed E-state index contributed by atoms with van der Waals surface area (Å²) in [6, 6.07) is 14.5. The lowest BCUT2D eigenvalue weighted by atomic mass is 10.1. The van der Waals surface area contributed by atoms with Crippen molar-refractivity contribution in [2.75, 3.05) is 13.2 Å². The summed E-state index contributed by atoms with van der Waals surface area (Å²) in [6.45, 7) is 3.12. The molecule has 0 fully saturated rings. The molecular formula is C20H23NO4. The fourth-order valence-electron chi connectivity index (χ4n) is 2.43. The smallest absolute Gasteiger partial charge is 0.335 e. The highest BCUT2D eigenvalue weighted by Gasteiger charge is 2.04. The van der Waals surface area contributed by atoms with E-state index in [0.29, 0.717) is 32.4 Å². The van der Waals surface area contributed by atoms with E-state index in [1.807, 2.05) is 31.2 Å². The number of amides is 1. The first-order chi connectivity index (χ1) is 12.1. The van der Waals surface area contributed by atoms with Crippen molar-refractivity contribution in [1.29, 1.82) is 0 Å². The zero-order valence-electron chi connectivity index (χ0n) is 14.3. The van der Waals surface area contributed by atoms with E-state index in [4.69, 9.17) is 9.84 Å². The van der Waals surface area contributed by atoms with Gasteiger partial charge in [-0.05, 0) is 55.2 Å². The molecule has 0 aliphatic heterocycles. The SMILES string of the molecule is CCOc1ccc(CCC(=O)NCCc2ccc(C(=O)O)cc2)cc1. The average Bonchev–Trinajstić information content (AvgIpc) is 2.62. The van der Waals surface area contributed by atoms with E-state index in [1.54, 1.807) is 24.3 Å². The first-order valence-electron chi connectivity index (χ1n) is 8.39. The van der Waals surface area contributed by atoms with E-state index in [1.165, 1.54) is 0 Å². The van der Waals surface area contributed by atoms with Gasteiger partial charge >= 0.3 is 5.97 Å². The van der Waals surface area contributed by atoms with Gasteiger partial charge in [0.2, 0.25) is 5.91 Å². The van der Waals surface area contributed by atoms with Gasteiger partial charge in [-0.15, -0.1) is 0 Å². The Morgan fingerprint density at radius 3 is 2.16 bits per heavy atom. The third-order valence-electron chi connectivity index (χ3n) is 3.81. The minimum Gasteiger partial charge on any atom is -0.494 e. The zero-order chi connectivity index (χ0) is 18.1. The molecule has 2 aromatic rings. The van der Waals surface area contributed by atoms with Gasteiger partial charge < -0.3 is 15.2 Å². The molecular weight excluding hydrogens is 318 g/mol. The van der Waals surface area contributed by atoms with Crippen LogP contribution in [0.1, 0.15) is 34.8 Å². The molecule has 0 saturated heterocycles. The highest BCUT2D eigenvalue weighted by Crippen LogP contribution is 2.13. The molecule has 0 aromatic heterocycles. The van der Waals surface area contributed by atoms with E-state index < -0.39 is 5.97 Å². The largest absolute Gasteiger partial charge is 0.494 e. The summed E-state index contributed by atoms with van der Waals surface area (Å²) < 4.78 is 5.39. The van der Waals surface area contributed by atoms with Crippen LogP contribution in [0.25, 0.3) is 0 Å². The summed E-state index contributed by atoms with van der Waals surface area (Å²) in [7, 11) is 0. The molecule has 0 atom stereocenters. The minimum absolute atomic E-state index is 0.0102. The van der Waals surface area contributed by atoms with Crippen molar-refractivity contribution < 1.29 is 19.4 Å². The number of aryl methyl sites for hydroxylation is 1. The van der Waals surface area contributed by atoms with Crippen molar-refractivity contribution >= 4 is 11.9 Å². The van der Waals surface area contributed by atoms with Crippen molar-refractivity contribution in [3.63, 3.8) is 0 Å². The van der Waals surface area contributed by atoms with Crippen LogP contribution >= 0.6 is 0 Å². The fourth-order valence-corrected chi connectivity index (χ4v) is 2.43. The number of carbonyl (C=O) groups is 2. The lowest BCUT2D eigenvalue weighted by molar-refractivity contribution is -0.121. The van der Waals surface area contributed by atoms with Crippen LogP contribution in [0.4, 0.5) is 0 Å². The molecule has 5 heteroatoms. The molecule has 2 aromatic carbocycles. The molecule has 0 radical (unpaired) electrons. The molecule has 132 valence electrons. The van der Waals surface area contributed by atoms with Gasteiger partial charge in [0.15, 0.2) is 0 Å². The molecule has 0 unspecified atom stereocenters. The standard InChI is InChI=1S/C20H23NO4/c1-2-25-18-10-5-15(6-11-18)7-12-19(22)21-14-13-16-3-8-17(9-4-16)20(23)24/h3-6,8-11H,2,7,12-14H2,1H3,(H,21,22)(H,23,24). The lowest BCUT2D eigenvalue weighted by Gasteiger charge is -2.07. The fraction of sp³-hybridized carbons (Fsp3) is 0.300. The van der Waals surface area contributed by atoms with Gasteiger partial charge in [0.05, 0.1) is 12.2 Å². The number of rotatable bonds is 9. The number of carboxylic acid groups (broad SMARTS) is 1. The van der Waals surface area contributed by atoms with Crippen LogP contribution in [0.2, 0.25) is 0 Å². The Labute approximate surface area is 147 Å². The number of hydrogen-bond acceptors (Lipinski definition) is 3. The van der Waals surface area contributed by atoms with Gasteiger partial charge in [0.25, 0.3) is 0 Å². The second kappa shape index (κ2) is 9.47. The van der Waals surface area contributed by atoms with Crippen LogP contribution in [0.15, 0.2) is 48.5 Å². The molecule has 2 N–H and O–H groups in total. The van der Waals surface area contributed by atoms with Crippen LogP contribution in [0.5, 0.6) is 5.75 Å². The maximum atomic E-state index is 11.9. The summed E-state index contributed by atoms with van der Waals surface area (Å²) >= 11 is 0. The Morgan fingerprint density at radius 1 is 0.960 bits per heavy atom. The van der Waals surface area contributed by atoms with Crippen LogP contribution in [-0.4, -0.2) is 30.1 Å². The monoisotopic (exact) mass is 341 g/mol. The Kier molecular flexibility index (Phi) is 7.01. The van der Waals surface area contributed by atoms with E-state index in [2.05, 4.69) is 5.32 Å². The third-order valence-corrected chi connectivity index (χ3v) is 3.81. The maximum Gasteiger partial charge on any atom is 0.335 e. The molecule has 2 rings (SSSR count). The Balaban J connectivity index is 1.69. The quantitative estimate of drug-likeness (QED) is 0.735. The van der Waals surface area contributed by atoms with E-state index in [9.17, 15) is 9.59 Å². The highest BCUT2D eigenvalue weighted by atomic mass is 16.5. The maximum absolute atomic E-state index is 11.9. The van der Waals surface area contributed by atoms with Crippen LogP contribution in [-0.2, 0) is 17.6 Å². The average molecular weight is 341 g/mol. The van der Waals surface area contributed by atoms with Crippen LogP contribution in [0.3, 0.4) is 0 Å². The van der Waals surface area contributed by atoms with Gasteiger partial charge in [0.1, 0.15) is 5.75 Å². The molecule has 0 aliphatic carbocycles. The van der Waals surface area contributed by atoms with E-state index in [0.717, 1.165) is 16.9 Å². The number of aromatic carboxylic acids is 1. The molecule has 5 nitrogen and oxygen atoms in total. The number of nitrogens with one attached hydrogen (secondary N) is 1. The molecule has 0 saturated carbocycles. The topological polar surface area (TPSA) is 75.6 Å². The minimum atomic E-state index is -0.936. The molecule has 0 bridgehead atoms. The van der Waals surface area contributed by atoms with Crippen molar-refractivity contribution in [1.82, 2.24) is 5.32 Å². The summed E-state index contributed by atoms with van der Waals surface area (Å²) in [5, 5.41) is 11.7. The predicted octanol–water partition coefficient (Wildman–Crippen LogP) is 3.08. The van der Waals surface area contributed by atoms with Crippen molar-refractivity contribution in [2.45, 2.75) is 26.2 Å². The summed E-state index contributed by atoms with van der Waals surface area (Å²) in [6.07, 6.45) is 1.80. The Hall–Kier alpha value is -2.82. The van der Waals surface area contributed by atoms with Crippen molar-refractivity contribution in [2.24, 2.45) is 0 Å². The summed E-state index contributed by atoms with van der Waals surface area (Å²) in [5.74, 6) is -0.0881. The number of ether oxygens (including phenoxy) is 1. The van der Waals surface area contributed by atoms with E-state index >= 15 is 0 Å². The second-order valence-corrected chi connectivity index (χ2v) is 5.68. The normalized spacial score (nSPS) is 10.3. The second-order valence-electron chi connectivity index (χ2n) is 5.68. The number of carboxylic acids is 1. The van der Waals surface area contributed by atoms with Gasteiger partial charge in [0, 0.05) is 13.0 Å². The van der Waals surface area contributed by atoms with E-state index in [-0.39, 0.29) is 11.5 Å².